The molecule has 7 nitrogen and oxygen atoms in total. The van der Waals surface area contributed by atoms with Crippen LogP contribution in [0.15, 0.2) is 42.7 Å². The lowest BCUT2D eigenvalue weighted by molar-refractivity contribution is -0.134. The predicted octanol–water partition coefficient (Wildman–Crippen LogP) is 3.20. The molecule has 0 saturated carbocycles. The van der Waals surface area contributed by atoms with Crippen molar-refractivity contribution in [3.05, 3.63) is 60.2 Å². The van der Waals surface area contributed by atoms with Crippen LogP contribution >= 0.6 is 0 Å². The number of nitrogens with zero attached hydrogens (tertiary/aromatic N) is 3. The fourth-order valence-electron chi connectivity index (χ4n) is 2.19. The van der Waals surface area contributed by atoms with Crippen LogP contribution < -0.4 is 10.6 Å². The number of benzene rings is 1. The number of carboxylic acid groups (broad SMARTS) is 1. The molecule has 0 fully saturated rings. The molecule has 3 rings (SSSR count). The maximum absolute atomic E-state index is 13.9. The Kier molecular flexibility index (Phi) is 5.15. The zero-order chi connectivity index (χ0) is 19.4. The third kappa shape index (κ3) is 4.29. The molecule has 2 aromatic heterocycles. The summed E-state index contributed by atoms with van der Waals surface area (Å²) >= 11 is 0. The van der Waals surface area contributed by atoms with Crippen LogP contribution in [-0.4, -0.2) is 32.6 Å². The van der Waals surface area contributed by atoms with E-state index in [1.165, 1.54) is 18.5 Å². The molecule has 0 radical (unpaired) electrons. The minimum Gasteiger partial charge on any atom is -0.480 e. The Bertz CT molecular complexity index is 986. The van der Waals surface area contributed by atoms with Crippen molar-refractivity contribution in [1.29, 1.82) is 0 Å². The third-order valence-electron chi connectivity index (χ3n) is 3.40. The Morgan fingerprint density at radius 3 is 2.44 bits per heavy atom. The van der Waals surface area contributed by atoms with Gasteiger partial charge in [0.05, 0.1) is 5.69 Å². The molecule has 3 N–H and O–H groups in total. The first kappa shape index (κ1) is 18.1. The van der Waals surface area contributed by atoms with E-state index in [2.05, 4.69) is 25.6 Å². The number of aliphatic carboxylic acids is 1. The number of halogens is 3. The van der Waals surface area contributed by atoms with Crippen molar-refractivity contribution in [2.24, 2.45) is 0 Å². The molecular formula is C17H12F3N5O2. The summed E-state index contributed by atoms with van der Waals surface area (Å²) in [5.41, 5.74) is 0.215. The number of carbonyl (C=O) groups is 1. The summed E-state index contributed by atoms with van der Waals surface area (Å²) < 4.78 is 41.2. The number of anilines is 3. The van der Waals surface area contributed by atoms with Gasteiger partial charge in [-0.25, -0.2) is 18.2 Å². The number of nitrogens with one attached hydrogen (secondary N) is 2. The molecule has 3 aromatic rings. The summed E-state index contributed by atoms with van der Waals surface area (Å²) in [4.78, 5) is 22.8. The minimum absolute atomic E-state index is 0.0619. The number of carboxylic acids is 1. The molecule has 1 aromatic carbocycles. The topological polar surface area (TPSA) is 100 Å². The molecule has 27 heavy (non-hydrogen) atoms. The second-order valence-electron chi connectivity index (χ2n) is 5.29. The Hall–Kier alpha value is -3.69. The van der Waals surface area contributed by atoms with E-state index in [1.807, 2.05) is 0 Å². The van der Waals surface area contributed by atoms with Crippen LogP contribution in [0.1, 0.15) is 0 Å². The molecule has 138 valence electrons. The van der Waals surface area contributed by atoms with Crippen LogP contribution in [0.2, 0.25) is 0 Å². The molecule has 2 heterocycles. The fourth-order valence-corrected chi connectivity index (χ4v) is 2.19. The fraction of sp³-hybridized carbons (Fsp3) is 0.0588. The van der Waals surface area contributed by atoms with Gasteiger partial charge in [0.2, 0.25) is 5.95 Å². The summed E-state index contributed by atoms with van der Waals surface area (Å²) in [6.07, 6.45) is 3.03. The van der Waals surface area contributed by atoms with Gasteiger partial charge in [-0.05, 0) is 24.3 Å². The highest BCUT2D eigenvalue weighted by Crippen LogP contribution is 2.27. The van der Waals surface area contributed by atoms with Crippen molar-refractivity contribution in [3.8, 4) is 11.3 Å². The maximum Gasteiger partial charge on any atom is 0.322 e. The van der Waals surface area contributed by atoms with E-state index in [4.69, 9.17) is 5.11 Å². The zero-order valence-corrected chi connectivity index (χ0v) is 13.6. The maximum atomic E-state index is 13.9. The van der Waals surface area contributed by atoms with Crippen LogP contribution in [0.4, 0.5) is 30.6 Å². The molecule has 0 aliphatic heterocycles. The third-order valence-corrected chi connectivity index (χ3v) is 3.40. The van der Waals surface area contributed by atoms with Gasteiger partial charge in [0.15, 0.2) is 11.6 Å². The molecule has 0 bridgehead atoms. The van der Waals surface area contributed by atoms with Crippen molar-refractivity contribution < 1.29 is 23.1 Å². The Labute approximate surface area is 150 Å². The monoisotopic (exact) mass is 375 g/mol. The van der Waals surface area contributed by atoms with E-state index in [0.29, 0.717) is 17.3 Å². The van der Waals surface area contributed by atoms with E-state index in [9.17, 15) is 18.0 Å². The lowest BCUT2D eigenvalue weighted by Crippen LogP contribution is -2.15. The number of hydrogen-bond donors (Lipinski definition) is 3. The molecule has 10 heteroatoms. The molecule has 0 amide bonds. The summed E-state index contributed by atoms with van der Waals surface area (Å²) in [6, 6.07) is 6.09. The average molecular weight is 375 g/mol. The minimum atomic E-state index is -1.40. The first-order chi connectivity index (χ1) is 12.9. The van der Waals surface area contributed by atoms with Crippen LogP contribution in [0.25, 0.3) is 11.3 Å². The highest BCUT2D eigenvalue weighted by atomic mass is 19.2. The van der Waals surface area contributed by atoms with Gasteiger partial charge < -0.3 is 15.7 Å². The van der Waals surface area contributed by atoms with Gasteiger partial charge in [0.25, 0.3) is 0 Å². The molecule has 0 atom stereocenters. The van der Waals surface area contributed by atoms with Crippen molar-refractivity contribution in [2.75, 3.05) is 17.2 Å². The Morgan fingerprint density at radius 1 is 1.04 bits per heavy atom. The highest BCUT2D eigenvalue weighted by molar-refractivity contribution is 5.73. The number of rotatable bonds is 6. The lowest BCUT2D eigenvalue weighted by atomic mass is 10.2. The predicted molar refractivity (Wildman–Crippen MR) is 91.0 cm³/mol. The van der Waals surface area contributed by atoms with Gasteiger partial charge in [-0.2, -0.15) is 4.98 Å². The first-order valence-electron chi connectivity index (χ1n) is 7.59. The second-order valence-corrected chi connectivity index (χ2v) is 5.29. The normalized spacial score (nSPS) is 10.5. The molecule has 0 unspecified atom stereocenters. The summed E-state index contributed by atoms with van der Waals surface area (Å²) in [6.45, 7) is -0.470. The number of pyridine rings is 1. The van der Waals surface area contributed by atoms with Crippen molar-refractivity contribution in [1.82, 2.24) is 15.0 Å². The van der Waals surface area contributed by atoms with Crippen LogP contribution in [0.5, 0.6) is 0 Å². The molecule has 0 aliphatic rings. The molecular weight excluding hydrogens is 363 g/mol. The smallest absolute Gasteiger partial charge is 0.322 e. The Balaban J connectivity index is 2.02. The van der Waals surface area contributed by atoms with E-state index >= 15 is 0 Å². The first-order valence-corrected chi connectivity index (χ1v) is 7.59. The summed E-state index contributed by atoms with van der Waals surface area (Å²) in [5, 5.41) is 13.6. The standard InChI is InChI=1S/C17H12F3N5O2/c18-10-1-2-11(19)16(15(10)20)24-13-7-12(9-3-5-21-6-4-9)23-17(25-13)22-8-14(26)27/h1-7H,8H2,(H,26,27)(H2,22,23,24,25). The van der Waals surface area contributed by atoms with Gasteiger partial charge in [-0.3, -0.25) is 9.78 Å². The van der Waals surface area contributed by atoms with Crippen LogP contribution in [0, 0.1) is 17.5 Å². The highest BCUT2D eigenvalue weighted by Gasteiger charge is 2.16. The summed E-state index contributed by atoms with van der Waals surface area (Å²) in [7, 11) is 0. The van der Waals surface area contributed by atoms with Gasteiger partial charge in [-0.15, -0.1) is 0 Å². The largest absolute Gasteiger partial charge is 0.480 e. The SMILES string of the molecule is O=C(O)CNc1nc(Nc2c(F)ccc(F)c2F)cc(-c2ccncc2)n1. The molecule has 0 saturated heterocycles. The average Bonchev–Trinajstić information content (AvgIpc) is 2.67. The summed E-state index contributed by atoms with van der Waals surface area (Å²) in [5.74, 6) is -4.95. The molecule has 0 spiro atoms. The van der Waals surface area contributed by atoms with Crippen LogP contribution in [-0.2, 0) is 4.79 Å². The van der Waals surface area contributed by atoms with Crippen LogP contribution in [0.3, 0.4) is 0 Å². The van der Waals surface area contributed by atoms with Gasteiger partial charge in [-0.1, -0.05) is 0 Å². The van der Waals surface area contributed by atoms with Crippen molar-refractivity contribution in [3.63, 3.8) is 0 Å². The Morgan fingerprint density at radius 2 is 1.74 bits per heavy atom. The quantitative estimate of drug-likeness (QED) is 0.569. The van der Waals surface area contributed by atoms with Crippen molar-refractivity contribution >= 4 is 23.4 Å². The van der Waals surface area contributed by atoms with Gasteiger partial charge in [0, 0.05) is 24.0 Å². The lowest BCUT2D eigenvalue weighted by Gasteiger charge is -2.12. The van der Waals surface area contributed by atoms with E-state index in [1.54, 1.807) is 12.1 Å². The number of aromatic nitrogens is 3. The van der Waals surface area contributed by atoms with Gasteiger partial charge >= 0.3 is 5.97 Å². The van der Waals surface area contributed by atoms with Gasteiger partial charge in [0.1, 0.15) is 23.9 Å². The van der Waals surface area contributed by atoms with Crippen molar-refractivity contribution in [2.45, 2.75) is 0 Å². The second kappa shape index (κ2) is 7.68. The zero-order valence-electron chi connectivity index (χ0n) is 13.6. The van der Waals surface area contributed by atoms with E-state index < -0.39 is 35.7 Å². The number of hydrogen-bond acceptors (Lipinski definition) is 6. The molecule has 0 aliphatic carbocycles. The van der Waals surface area contributed by atoms with E-state index in [-0.39, 0.29) is 11.8 Å². The van der Waals surface area contributed by atoms with E-state index in [0.717, 1.165) is 6.07 Å².